The van der Waals surface area contributed by atoms with E-state index in [-0.39, 0.29) is 63.6 Å². The van der Waals surface area contributed by atoms with E-state index >= 15 is 0 Å². The van der Waals surface area contributed by atoms with Crippen LogP contribution in [0, 0.1) is 6.54 Å². The molecular weight excluding hydrogens is 246 g/mol. The maximum absolute atomic E-state index is 4.45. The van der Waals surface area contributed by atoms with Crippen LogP contribution in [0.1, 0.15) is 45.1 Å². The zero-order valence-electron chi connectivity index (χ0n) is 9.67. The summed E-state index contributed by atoms with van der Waals surface area (Å²) < 4.78 is 2.28. The van der Waals surface area contributed by atoms with Crippen LogP contribution in [0.4, 0.5) is 0 Å². The first kappa shape index (κ1) is 13.0. The van der Waals surface area contributed by atoms with Crippen molar-refractivity contribution in [1.29, 1.82) is 0 Å². The predicted molar refractivity (Wildman–Crippen MR) is 53.6 cm³/mol. The molecule has 0 radical (unpaired) electrons. The van der Waals surface area contributed by atoms with Crippen molar-refractivity contribution < 1.29 is 58.2 Å². The SMILES string of the molecule is CC(C)(C)c1cnc2n1[CH-]CCC2.[Rb+]. The Hall–Kier alpha value is 0.885. The fraction of sp³-hybridized carbons (Fsp3) is 0.636. The van der Waals surface area contributed by atoms with Gasteiger partial charge in [-0.15, -0.1) is 6.54 Å². The molecule has 1 aromatic heterocycles. The van der Waals surface area contributed by atoms with Gasteiger partial charge in [0.2, 0.25) is 0 Å². The number of imidazole rings is 1. The monoisotopic (exact) mass is 262 g/mol. The van der Waals surface area contributed by atoms with Crippen molar-refractivity contribution in [2.75, 3.05) is 0 Å². The van der Waals surface area contributed by atoms with E-state index in [0.29, 0.717) is 0 Å². The maximum Gasteiger partial charge on any atom is 1.00 e. The molecule has 1 aliphatic rings. The van der Waals surface area contributed by atoms with Crippen molar-refractivity contribution in [3.63, 3.8) is 0 Å². The molecule has 0 bridgehead atoms. The Kier molecular flexibility index (Phi) is 4.45. The molecule has 2 nitrogen and oxygen atoms in total. The quantitative estimate of drug-likeness (QED) is 0.578. The van der Waals surface area contributed by atoms with Crippen molar-refractivity contribution in [3.05, 3.63) is 24.3 Å². The Morgan fingerprint density at radius 1 is 1.43 bits per heavy atom. The van der Waals surface area contributed by atoms with Gasteiger partial charge in [0.05, 0.1) is 0 Å². The molecule has 1 aromatic rings. The Bertz CT molecular complexity index is 310. The van der Waals surface area contributed by atoms with E-state index < -0.39 is 0 Å². The number of hydrogen-bond donors (Lipinski definition) is 0. The first-order valence-electron chi connectivity index (χ1n) is 4.99. The van der Waals surface area contributed by atoms with Crippen LogP contribution in [0.3, 0.4) is 0 Å². The van der Waals surface area contributed by atoms with E-state index in [1.807, 2.05) is 6.20 Å². The Balaban J connectivity index is 0.000000980. The van der Waals surface area contributed by atoms with E-state index in [1.54, 1.807) is 0 Å². The molecule has 2 heterocycles. The minimum absolute atomic E-state index is 0. The second-order valence-corrected chi connectivity index (χ2v) is 4.75. The fourth-order valence-corrected chi connectivity index (χ4v) is 1.82. The second kappa shape index (κ2) is 4.81. The van der Waals surface area contributed by atoms with Crippen LogP contribution in [0.15, 0.2) is 6.20 Å². The molecular formula is C11H17N2Rb. The number of fused-ring (bicyclic) bond motifs is 1. The molecule has 0 amide bonds. The van der Waals surface area contributed by atoms with E-state index in [2.05, 4.69) is 36.9 Å². The van der Waals surface area contributed by atoms with Crippen molar-refractivity contribution in [3.8, 4) is 0 Å². The van der Waals surface area contributed by atoms with Crippen LogP contribution in [0.5, 0.6) is 0 Å². The molecule has 3 heteroatoms. The zero-order valence-corrected chi connectivity index (χ0v) is 14.6. The summed E-state index contributed by atoms with van der Waals surface area (Å²) in [5, 5.41) is 0. The van der Waals surface area contributed by atoms with Crippen LogP contribution >= 0.6 is 0 Å². The molecule has 0 aromatic carbocycles. The molecule has 0 atom stereocenters. The Labute approximate surface area is 135 Å². The maximum atomic E-state index is 4.45. The van der Waals surface area contributed by atoms with Gasteiger partial charge in [-0.05, 0) is 18.0 Å². The molecule has 2 rings (SSSR count). The van der Waals surface area contributed by atoms with E-state index in [1.165, 1.54) is 24.4 Å². The normalized spacial score (nSPS) is 15.4. The molecule has 0 spiro atoms. The van der Waals surface area contributed by atoms with Crippen LogP contribution in [-0.2, 0) is 11.8 Å². The number of nitrogens with zero attached hydrogens (tertiary/aromatic N) is 2. The molecule has 0 fully saturated rings. The van der Waals surface area contributed by atoms with Crippen molar-refractivity contribution in [1.82, 2.24) is 9.55 Å². The summed E-state index contributed by atoms with van der Waals surface area (Å²) in [5.74, 6) is 1.23. The fourth-order valence-electron chi connectivity index (χ4n) is 1.82. The molecule has 0 saturated carbocycles. The third-order valence-electron chi connectivity index (χ3n) is 2.56. The summed E-state index contributed by atoms with van der Waals surface area (Å²) in [4.78, 5) is 4.45. The molecule has 0 saturated heterocycles. The average Bonchev–Trinajstić information content (AvgIpc) is 2.45. The van der Waals surface area contributed by atoms with Crippen molar-refractivity contribution in [2.24, 2.45) is 0 Å². The average molecular weight is 263 g/mol. The Morgan fingerprint density at radius 3 is 2.79 bits per heavy atom. The summed E-state index contributed by atoms with van der Waals surface area (Å²) in [6.07, 6.45) is 5.59. The smallest absolute Gasteiger partial charge is 0.469 e. The van der Waals surface area contributed by atoms with E-state index in [9.17, 15) is 0 Å². The summed E-state index contributed by atoms with van der Waals surface area (Å²) in [6, 6.07) is 0. The van der Waals surface area contributed by atoms with Gasteiger partial charge in [-0.25, -0.2) is 0 Å². The molecule has 0 N–H and O–H groups in total. The molecule has 0 unspecified atom stereocenters. The minimum Gasteiger partial charge on any atom is -0.469 e. The number of aryl methyl sites for hydroxylation is 1. The minimum atomic E-state index is 0. The van der Waals surface area contributed by atoms with Gasteiger partial charge in [0.25, 0.3) is 0 Å². The Morgan fingerprint density at radius 2 is 2.14 bits per heavy atom. The van der Waals surface area contributed by atoms with Gasteiger partial charge in [0.15, 0.2) is 0 Å². The van der Waals surface area contributed by atoms with Crippen molar-refractivity contribution >= 4 is 0 Å². The van der Waals surface area contributed by atoms with Gasteiger partial charge < -0.3 is 9.55 Å². The van der Waals surface area contributed by atoms with Gasteiger partial charge in [0.1, 0.15) is 0 Å². The van der Waals surface area contributed by atoms with Gasteiger partial charge in [-0.1, -0.05) is 39.3 Å². The number of rotatable bonds is 0. The summed E-state index contributed by atoms with van der Waals surface area (Å²) >= 11 is 0. The summed E-state index contributed by atoms with van der Waals surface area (Å²) in [5.41, 5.74) is 1.54. The van der Waals surface area contributed by atoms with Gasteiger partial charge in [-0.2, -0.15) is 0 Å². The topological polar surface area (TPSA) is 17.8 Å². The van der Waals surface area contributed by atoms with Crippen LogP contribution in [-0.4, -0.2) is 9.55 Å². The summed E-state index contributed by atoms with van der Waals surface area (Å²) in [6.45, 7) is 8.98. The van der Waals surface area contributed by atoms with Crippen LogP contribution < -0.4 is 58.2 Å². The standard InChI is InChI=1S/C11H17N2.Rb/c1-11(2,3)9-8-12-10-6-4-5-7-13(9)10;/h7-8H,4-6H2,1-3H3;/q-1;+1. The zero-order chi connectivity index (χ0) is 9.47. The second-order valence-electron chi connectivity index (χ2n) is 4.75. The van der Waals surface area contributed by atoms with E-state index in [0.717, 1.165) is 6.42 Å². The molecule has 14 heavy (non-hydrogen) atoms. The number of hydrogen-bond acceptors (Lipinski definition) is 1. The first-order chi connectivity index (χ1) is 6.09. The van der Waals surface area contributed by atoms with Gasteiger partial charge in [0, 0.05) is 5.82 Å². The van der Waals surface area contributed by atoms with Crippen LogP contribution in [0.2, 0.25) is 0 Å². The summed E-state index contributed by atoms with van der Waals surface area (Å²) in [7, 11) is 0. The van der Waals surface area contributed by atoms with Crippen molar-refractivity contribution in [2.45, 2.75) is 45.4 Å². The molecule has 1 aliphatic heterocycles. The first-order valence-corrected chi connectivity index (χ1v) is 4.99. The number of aromatic nitrogens is 2. The van der Waals surface area contributed by atoms with Gasteiger partial charge >= 0.3 is 58.2 Å². The third-order valence-corrected chi connectivity index (χ3v) is 2.56. The van der Waals surface area contributed by atoms with Gasteiger partial charge in [-0.3, -0.25) is 0 Å². The molecule has 72 valence electrons. The molecule has 0 aliphatic carbocycles. The third kappa shape index (κ3) is 2.52. The van der Waals surface area contributed by atoms with Crippen LogP contribution in [0.25, 0.3) is 0 Å². The van der Waals surface area contributed by atoms with E-state index in [4.69, 9.17) is 0 Å². The predicted octanol–water partition coefficient (Wildman–Crippen LogP) is -0.469. The largest absolute Gasteiger partial charge is 1.00 e.